The molecule has 2 N–H and O–H groups in total. The standard InChI is InChI=1S/C15H20N2/c1-11(12-5-6-12)9-16-10-13-3-2-4-15-14(13)7-8-17-15/h2-4,7-8,11-12,16-17H,5-6,9-10H2,1H3. The Morgan fingerprint density at radius 1 is 1.35 bits per heavy atom. The van der Waals surface area contributed by atoms with Crippen molar-refractivity contribution in [1.29, 1.82) is 0 Å². The van der Waals surface area contributed by atoms with Crippen molar-refractivity contribution in [2.24, 2.45) is 11.8 Å². The van der Waals surface area contributed by atoms with Gasteiger partial charge in [0.2, 0.25) is 0 Å². The van der Waals surface area contributed by atoms with Crippen LogP contribution < -0.4 is 5.32 Å². The van der Waals surface area contributed by atoms with Crippen LogP contribution in [-0.2, 0) is 6.54 Å². The largest absolute Gasteiger partial charge is 0.361 e. The molecule has 0 saturated heterocycles. The van der Waals surface area contributed by atoms with Crippen molar-refractivity contribution in [2.45, 2.75) is 26.3 Å². The van der Waals surface area contributed by atoms with Gasteiger partial charge in [-0.1, -0.05) is 19.1 Å². The zero-order valence-electron chi connectivity index (χ0n) is 10.4. The van der Waals surface area contributed by atoms with Gasteiger partial charge in [-0.3, -0.25) is 0 Å². The average molecular weight is 228 g/mol. The lowest BCUT2D eigenvalue weighted by atomic mass is 10.1. The van der Waals surface area contributed by atoms with Crippen molar-refractivity contribution in [3.8, 4) is 0 Å². The number of hydrogen-bond donors (Lipinski definition) is 2. The molecule has 1 unspecified atom stereocenters. The van der Waals surface area contributed by atoms with Crippen LogP contribution in [0.2, 0.25) is 0 Å². The van der Waals surface area contributed by atoms with Gasteiger partial charge in [0.25, 0.3) is 0 Å². The molecule has 90 valence electrons. The van der Waals surface area contributed by atoms with Gasteiger partial charge >= 0.3 is 0 Å². The van der Waals surface area contributed by atoms with E-state index < -0.39 is 0 Å². The van der Waals surface area contributed by atoms with Crippen LogP contribution in [0.4, 0.5) is 0 Å². The molecule has 0 bridgehead atoms. The molecule has 0 spiro atoms. The Morgan fingerprint density at radius 3 is 3.06 bits per heavy atom. The molecule has 2 aromatic rings. The first-order valence-electron chi connectivity index (χ1n) is 6.60. The molecule has 1 heterocycles. The number of rotatable bonds is 5. The van der Waals surface area contributed by atoms with Crippen molar-refractivity contribution in [3.63, 3.8) is 0 Å². The van der Waals surface area contributed by atoms with Crippen molar-refractivity contribution in [1.82, 2.24) is 10.3 Å². The maximum atomic E-state index is 3.59. The summed E-state index contributed by atoms with van der Waals surface area (Å²) < 4.78 is 0. The average Bonchev–Trinajstić information content (AvgIpc) is 3.07. The summed E-state index contributed by atoms with van der Waals surface area (Å²) in [5.41, 5.74) is 2.63. The Bertz CT molecular complexity index is 496. The molecule has 1 aromatic heterocycles. The fourth-order valence-electron chi connectivity index (χ4n) is 2.57. The Labute approximate surface area is 102 Å². The highest BCUT2D eigenvalue weighted by atomic mass is 14.9. The molecule has 0 radical (unpaired) electrons. The minimum absolute atomic E-state index is 0.834. The van der Waals surface area contributed by atoms with E-state index in [1.165, 1.54) is 29.3 Å². The highest BCUT2D eigenvalue weighted by Gasteiger charge is 2.27. The zero-order chi connectivity index (χ0) is 11.7. The van der Waals surface area contributed by atoms with Crippen LogP contribution in [-0.4, -0.2) is 11.5 Å². The molecule has 0 amide bonds. The molecule has 1 saturated carbocycles. The van der Waals surface area contributed by atoms with E-state index in [0.29, 0.717) is 0 Å². The van der Waals surface area contributed by atoms with E-state index in [2.05, 4.69) is 41.5 Å². The zero-order valence-corrected chi connectivity index (χ0v) is 10.4. The maximum absolute atomic E-state index is 3.59. The third-order valence-electron chi connectivity index (χ3n) is 3.89. The van der Waals surface area contributed by atoms with Crippen LogP contribution in [0.3, 0.4) is 0 Å². The first-order valence-corrected chi connectivity index (χ1v) is 6.60. The summed E-state index contributed by atoms with van der Waals surface area (Å²) in [6, 6.07) is 8.63. The summed E-state index contributed by atoms with van der Waals surface area (Å²) in [6.07, 6.45) is 4.90. The first-order chi connectivity index (χ1) is 8.34. The van der Waals surface area contributed by atoms with Gasteiger partial charge in [0.15, 0.2) is 0 Å². The maximum Gasteiger partial charge on any atom is 0.0457 e. The van der Waals surface area contributed by atoms with Gasteiger partial charge in [0.05, 0.1) is 0 Å². The monoisotopic (exact) mass is 228 g/mol. The number of aromatic amines is 1. The summed E-state index contributed by atoms with van der Waals surface area (Å²) >= 11 is 0. The lowest BCUT2D eigenvalue weighted by Gasteiger charge is -2.11. The van der Waals surface area contributed by atoms with Gasteiger partial charge in [-0.15, -0.1) is 0 Å². The Kier molecular flexibility index (Phi) is 2.89. The molecule has 1 fully saturated rings. The number of fused-ring (bicyclic) bond motifs is 1. The van der Waals surface area contributed by atoms with Crippen LogP contribution in [0.1, 0.15) is 25.3 Å². The quantitative estimate of drug-likeness (QED) is 0.807. The van der Waals surface area contributed by atoms with E-state index in [4.69, 9.17) is 0 Å². The van der Waals surface area contributed by atoms with Crippen LogP contribution >= 0.6 is 0 Å². The molecule has 17 heavy (non-hydrogen) atoms. The van der Waals surface area contributed by atoms with Crippen LogP contribution in [0.15, 0.2) is 30.5 Å². The fraction of sp³-hybridized carbons (Fsp3) is 0.467. The van der Waals surface area contributed by atoms with Crippen molar-refractivity contribution in [2.75, 3.05) is 6.54 Å². The number of H-pyrrole nitrogens is 1. The molecule has 1 aromatic carbocycles. The van der Waals surface area contributed by atoms with Gasteiger partial charge in [0, 0.05) is 23.6 Å². The summed E-state index contributed by atoms with van der Waals surface area (Å²) in [6.45, 7) is 4.49. The smallest absolute Gasteiger partial charge is 0.0457 e. The third-order valence-corrected chi connectivity index (χ3v) is 3.89. The molecule has 0 aliphatic heterocycles. The summed E-state index contributed by atoms with van der Waals surface area (Å²) in [7, 11) is 0. The second kappa shape index (κ2) is 4.53. The molecule has 2 nitrogen and oxygen atoms in total. The topological polar surface area (TPSA) is 27.8 Å². The predicted molar refractivity (Wildman–Crippen MR) is 71.9 cm³/mol. The lowest BCUT2D eigenvalue weighted by Crippen LogP contribution is -2.21. The van der Waals surface area contributed by atoms with Gasteiger partial charge in [-0.05, 0) is 48.9 Å². The Hall–Kier alpha value is -1.28. The minimum atomic E-state index is 0.834. The van der Waals surface area contributed by atoms with Crippen molar-refractivity contribution in [3.05, 3.63) is 36.0 Å². The molecule has 2 heteroatoms. The predicted octanol–water partition coefficient (Wildman–Crippen LogP) is 3.30. The molecular formula is C15H20N2. The van der Waals surface area contributed by atoms with E-state index in [9.17, 15) is 0 Å². The molecule has 1 atom stereocenters. The highest BCUT2D eigenvalue weighted by molar-refractivity contribution is 5.82. The van der Waals surface area contributed by atoms with Gasteiger partial charge in [-0.2, -0.15) is 0 Å². The second-order valence-corrected chi connectivity index (χ2v) is 5.30. The van der Waals surface area contributed by atoms with Crippen LogP contribution in [0.25, 0.3) is 10.9 Å². The summed E-state index contributed by atoms with van der Waals surface area (Å²) in [4.78, 5) is 3.26. The second-order valence-electron chi connectivity index (χ2n) is 5.30. The normalized spacial score (nSPS) is 17.5. The van der Waals surface area contributed by atoms with Crippen LogP contribution in [0, 0.1) is 11.8 Å². The van der Waals surface area contributed by atoms with Crippen molar-refractivity contribution >= 4 is 10.9 Å². The lowest BCUT2D eigenvalue weighted by molar-refractivity contribution is 0.462. The van der Waals surface area contributed by atoms with E-state index >= 15 is 0 Å². The van der Waals surface area contributed by atoms with Crippen LogP contribution in [0.5, 0.6) is 0 Å². The Balaban J connectivity index is 1.62. The summed E-state index contributed by atoms with van der Waals surface area (Å²) in [5, 5.41) is 4.94. The molecule has 3 rings (SSSR count). The molecular weight excluding hydrogens is 208 g/mol. The van der Waals surface area contributed by atoms with Gasteiger partial charge in [-0.25, -0.2) is 0 Å². The highest BCUT2D eigenvalue weighted by Crippen LogP contribution is 2.36. The van der Waals surface area contributed by atoms with E-state index in [-0.39, 0.29) is 0 Å². The minimum Gasteiger partial charge on any atom is -0.361 e. The number of benzene rings is 1. The van der Waals surface area contributed by atoms with E-state index in [0.717, 1.165) is 24.9 Å². The number of aromatic nitrogens is 1. The number of nitrogens with one attached hydrogen (secondary N) is 2. The fourth-order valence-corrected chi connectivity index (χ4v) is 2.57. The number of hydrogen-bond acceptors (Lipinski definition) is 1. The molecule has 1 aliphatic rings. The van der Waals surface area contributed by atoms with Gasteiger partial charge in [0.1, 0.15) is 0 Å². The van der Waals surface area contributed by atoms with Gasteiger partial charge < -0.3 is 10.3 Å². The van der Waals surface area contributed by atoms with E-state index in [1.807, 2.05) is 6.20 Å². The summed E-state index contributed by atoms with van der Waals surface area (Å²) in [5.74, 6) is 1.82. The van der Waals surface area contributed by atoms with Crippen molar-refractivity contribution < 1.29 is 0 Å². The molecule has 1 aliphatic carbocycles. The SMILES string of the molecule is CC(CNCc1cccc2[nH]ccc12)C1CC1. The first kappa shape index (κ1) is 10.8. The Morgan fingerprint density at radius 2 is 2.24 bits per heavy atom. The van der Waals surface area contributed by atoms with E-state index in [1.54, 1.807) is 0 Å². The third kappa shape index (κ3) is 2.37.